The van der Waals surface area contributed by atoms with Gasteiger partial charge >= 0.3 is 0 Å². The highest BCUT2D eigenvalue weighted by atomic mass is 16.5. The summed E-state index contributed by atoms with van der Waals surface area (Å²) in [4.78, 5) is 0. The Balaban J connectivity index is 2.83. The average Bonchev–Trinajstić information content (AvgIpc) is 2.57. The van der Waals surface area contributed by atoms with E-state index in [0.29, 0.717) is 0 Å². The van der Waals surface area contributed by atoms with Gasteiger partial charge in [0.1, 0.15) is 0 Å². The molecule has 1 N–H and O–H groups in total. The molecule has 0 aliphatic rings. The summed E-state index contributed by atoms with van der Waals surface area (Å²) in [5.41, 5.74) is 2.05. The second kappa shape index (κ2) is 5.65. The molecule has 4 nitrogen and oxygen atoms in total. The first-order valence-corrected chi connectivity index (χ1v) is 6.20. The van der Waals surface area contributed by atoms with Gasteiger partial charge in [0.05, 0.1) is 23.9 Å². The molecule has 4 heteroatoms. The third-order valence-corrected chi connectivity index (χ3v) is 3.27. The summed E-state index contributed by atoms with van der Waals surface area (Å²) in [5, 5.41) is 7.97. The van der Waals surface area contributed by atoms with Gasteiger partial charge in [-0.05, 0) is 40.3 Å². The first-order valence-electron chi connectivity index (χ1n) is 6.20. The standard InChI is InChI=1S/C13H25N3O/c1-7-14-12(13(4,5)17-6)9-16-11(3)8-10(2)15-16/h8,12,14H,7,9H2,1-6H3. The predicted molar refractivity (Wildman–Crippen MR) is 70.3 cm³/mol. The fourth-order valence-corrected chi connectivity index (χ4v) is 1.95. The van der Waals surface area contributed by atoms with Crippen molar-refractivity contribution >= 4 is 0 Å². The molecule has 0 spiro atoms. The van der Waals surface area contributed by atoms with Gasteiger partial charge < -0.3 is 10.1 Å². The lowest BCUT2D eigenvalue weighted by Crippen LogP contribution is -2.50. The Labute approximate surface area is 104 Å². The van der Waals surface area contributed by atoms with E-state index >= 15 is 0 Å². The number of hydrogen-bond donors (Lipinski definition) is 1. The van der Waals surface area contributed by atoms with Crippen LogP contribution in [0.4, 0.5) is 0 Å². The van der Waals surface area contributed by atoms with E-state index in [1.165, 1.54) is 5.69 Å². The molecular formula is C13H25N3O. The number of nitrogens with one attached hydrogen (secondary N) is 1. The minimum atomic E-state index is -0.206. The van der Waals surface area contributed by atoms with Crippen LogP contribution in [-0.4, -0.2) is 35.1 Å². The summed E-state index contributed by atoms with van der Waals surface area (Å²) in [6.45, 7) is 12.2. The zero-order chi connectivity index (χ0) is 13.1. The Hall–Kier alpha value is -0.870. The number of likely N-dealkylation sites (N-methyl/N-ethyl adjacent to an activating group) is 1. The third-order valence-electron chi connectivity index (χ3n) is 3.27. The van der Waals surface area contributed by atoms with Crippen LogP contribution in [0.15, 0.2) is 6.07 Å². The fraction of sp³-hybridized carbons (Fsp3) is 0.769. The highest BCUT2D eigenvalue weighted by Gasteiger charge is 2.29. The van der Waals surface area contributed by atoms with E-state index in [0.717, 1.165) is 18.8 Å². The first kappa shape index (κ1) is 14.2. The summed E-state index contributed by atoms with van der Waals surface area (Å²) < 4.78 is 7.61. The molecule has 0 fully saturated rings. The van der Waals surface area contributed by atoms with Crippen molar-refractivity contribution in [1.29, 1.82) is 0 Å². The van der Waals surface area contributed by atoms with Gasteiger partial charge in [-0.3, -0.25) is 4.68 Å². The Kier molecular flexibility index (Phi) is 4.71. The minimum Gasteiger partial charge on any atom is -0.377 e. The molecule has 98 valence electrons. The van der Waals surface area contributed by atoms with Crippen LogP contribution in [0.3, 0.4) is 0 Å². The molecule has 1 heterocycles. The van der Waals surface area contributed by atoms with Crippen LogP contribution in [0, 0.1) is 13.8 Å². The Morgan fingerprint density at radius 1 is 1.47 bits per heavy atom. The second-order valence-electron chi connectivity index (χ2n) is 5.03. The van der Waals surface area contributed by atoms with Crippen LogP contribution in [0.25, 0.3) is 0 Å². The Bertz CT molecular complexity index is 358. The summed E-state index contributed by atoms with van der Waals surface area (Å²) in [6, 6.07) is 2.35. The van der Waals surface area contributed by atoms with Gasteiger partial charge in [0.2, 0.25) is 0 Å². The van der Waals surface area contributed by atoms with Crippen molar-refractivity contribution in [3.05, 3.63) is 17.5 Å². The van der Waals surface area contributed by atoms with Crippen molar-refractivity contribution in [2.45, 2.75) is 52.8 Å². The van der Waals surface area contributed by atoms with E-state index < -0.39 is 0 Å². The van der Waals surface area contributed by atoms with Crippen molar-refractivity contribution in [2.24, 2.45) is 0 Å². The highest BCUT2D eigenvalue weighted by Crippen LogP contribution is 2.16. The summed E-state index contributed by atoms with van der Waals surface area (Å²) in [7, 11) is 1.76. The number of aromatic nitrogens is 2. The zero-order valence-corrected chi connectivity index (χ0v) is 11.9. The molecule has 1 aromatic rings. The largest absolute Gasteiger partial charge is 0.377 e. The van der Waals surface area contributed by atoms with Gasteiger partial charge in [-0.2, -0.15) is 5.10 Å². The van der Waals surface area contributed by atoms with Gasteiger partial charge in [0, 0.05) is 12.8 Å². The van der Waals surface area contributed by atoms with Crippen molar-refractivity contribution in [1.82, 2.24) is 15.1 Å². The maximum absolute atomic E-state index is 5.57. The SMILES string of the molecule is CCNC(Cn1nc(C)cc1C)C(C)(C)OC. The number of rotatable bonds is 6. The molecule has 0 saturated carbocycles. The van der Waals surface area contributed by atoms with E-state index in [1.807, 2.05) is 11.6 Å². The van der Waals surface area contributed by atoms with Crippen molar-refractivity contribution in [2.75, 3.05) is 13.7 Å². The van der Waals surface area contributed by atoms with Crippen LogP contribution < -0.4 is 5.32 Å². The van der Waals surface area contributed by atoms with Crippen molar-refractivity contribution < 1.29 is 4.74 Å². The number of methoxy groups -OCH3 is 1. The molecule has 1 rings (SSSR count). The van der Waals surface area contributed by atoms with Gasteiger partial charge in [-0.25, -0.2) is 0 Å². The maximum Gasteiger partial charge on any atom is 0.0793 e. The number of nitrogens with zero attached hydrogens (tertiary/aromatic N) is 2. The molecule has 0 saturated heterocycles. The van der Waals surface area contributed by atoms with Gasteiger partial charge in [0.25, 0.3) is 0 Å². The first-order chi connectivity index (χ1) is 7.90. The lowest BCUT2D eigenvalue weighted by atomic mass is 9.98. The Morgan fingerprint density at radius 3 is 2.53 bits per heavy atom. The number of aryl methyl sites for hydroxylation is 2. The fourth-order valence-electron chi connectivity index (χ4n) is 1.95. The zero-order valence-electron chi connectivity index (χ0n) is 11.9. The normalized spacial score (nSPS) is 14.0. The van der Waals surface area contributed by atoms with Crippen LogP contribution >= 0.6 is 0 Å². The number of ether oxygens (including phenoxy) is 1. The lowest BCUT2D eigenvalue weighted by Gasteiger charge is -2.33. The lowest BCUT2D eigenvalue weighted by molar-refractivity contribution is -0.0155. The smallest absolute Gasteiger partial charge is 0.0793 e. The minimum absolute atomic E-state index is 0.206. The molecule has 0 aliphatic carbocycles. The molecule has 0 radical (unpaired) electrons. The van der Waals surface area contributed by atoms with Crippen molar-refractivity contribution in [3.8, 4) is 0 Å². The summed E-state index contributed by atoms with van der Waals surface area (Å²) >= 11 is 0. The predicted octanol–water partition coefficient (Wildman–Crippen LogP) is 1.90. The van der Waals surface area contributed by atoms with Crippen LogP contribution in [0.1, 0.15) is 32.2 Å². The molecule has 1 unspecified atom stereocenters. The van der Waals surface area contributed by atoms with Gasteiger partial charge in [-0.1, -0.05) is 6.92 Å². The highest BCUT2D eigenvalue weighted by molar-refractivity contribution is 5.07. The second-order valence-corrected chi connectivity index (χ2v) is 5.03. The summed E-state index contributed by atoms with van der Waals surface area (Å²) in [6.07, 6.45) is 0. The van der Waals surface area contributed by atoms with E-state index in [-0.39, 0.29) is 11.6 Å². The monoisotopic (exact) mass is 239 g/mol. The van der Waals surface area contributed by atoms with Gasteiger partial charge in [-0.15, -0.1) is 0 Å². The quantitative estimate of drug-likeness (QED) is 0.824. The van der Waals surface area contributed by atoms with E-state index in [1.54, 1.807) is 7.11 Å². The van der Waals surface area contributed by atoms with E-state index in [2.05, 4.69) is 44.2 Å². The van der Waals surface area contributed by atoms with E-state index in [4.69, 9.17) is 4.74 Å². The molecule has 0 aliphatic heterocycles. The average molecular weight is 239 g/mol. The Morgan fingerprint density at radius 2 is 2.12 bits per heavy atom. The molecule has 17 heavy (non-hydrogen) atoms. The van der Waals surface area contributed by atoms with Crippen molar-refractivity contribution in [3.63, 3.8) is 0 Å². The molecule has 0 bridgehead atoms. The summed E-state index contributed by atoms with van der Waals surface area (Å²) in [5.74, 6) is 0. The van der Waals surface area contributed by atoms with Crippen LogP contribution in [-0.2, 0) is 11.3 Å². The molecule has 0 amide bonds. The molecule has 0 aromatic carbocycles. The molecule has 1 aromatic heterocycles. The third kappa shape index (κ3) is 3.54. The van der Waals surface area contributed by atoms with Crippen LogP contribution in [0.2, 0.25) is 0 Å². The van der Waals surface area contributed by atoms with Crippen LogP contribution in [0.5, 0.6) is 0 Å². The van der Waals surface area contributed by atoms with E-state index in [9.17, 15) is 0 Å². The van der Waals surface area contributed by atoms with Gasteiger partial charge in [0.15, 0.2) is 0 Å². The molecule has 1 atom stereocenters. The maximum atomic E-state index is 5.57. The topological polar surface area (TPSA) is 39.1 Å². The molecular weight excluding hydrogens is 214 g/mol. The number of hydrogen-bond acceptors (Lipinski definition) is 3.